The Morgan fingerprint density at radius 2 is 1.85 bits per heavy atom. The number of carbonyl (C=O) groups is 1. The standard InChI is InChI=1S/C13H8BrNO5/c14-12-10(15(18)19)2-1-3-11(12)20-9-6-4-8(5-7-9)13(16)17/h1-7H,(H,16,17). The lowest BCUT2D eigenvalue weighted by molar-refractivity contribution is -0.385. The zero-order valence-corrected chi connectivity index (χ0v) is 11.5. The van der Waals surface area contributed by atoms with E-state index in [4.69, 9.17) is 9.84 Å². The van der Waals surface area contributed by atoms with E-state index in [1.165, 1.54) is 36.4 Å². The molecule has 0 unspecified atom stereocenters. The van der Waals surface area contributed by atoms with Gasteiger partial charge in [-0.1, -0.05) is 6.07 Å². The summed E-state index contributed by atoms with van der Waals surface area (Å²) in [4.78, 5) is 21.0. The summed E-state index contributed by atoms with van der Waals surface area (Å²) >= 11 is 3.12. The smallest absolute Gasteiger partial charge is 0.335 e. The molecule has 0 aliphatic heterocycles. The van der Waals surface area contributed by atoms with E-state index >= 15 is 0 Å². The van der Waals surface area contributed by atoms with Gasteiger partial charge in [-0.3, -0.25) is 10.1 Å². The van der Waals surface area contributed by atoms with Crippen LogP contribution in [-0.2, 0) is 0 Å². The molecule has 102 valence electrons. The maximum Gasteiger partial charge on any atom is 0.335 e. The summed E-state index contributed by atoms with van der Waals surface area (Å²) in [5, 5.41) is 19.6. The first-order valence-electron chi connectivity index (χ1n) is 5.43. The average molecular weight is 338 g/mol. The van der Waals surface area contributed by atoms with Crippen molar-refractivity contribution in [3.05, 3.63) is 62.6 Å². The molecule has 0 aliphatic carbocycles. The Labute approximate surface area is 121 Å². The van der Waals surface area contributed by atoms with Crippen molar-refractivity contribution < 1.29 is 19.6 Å². The van der Waals surface area contributed by atoms with Crippen LogP contribution in [0.1, 0.15) is 10.4 Å². The third-order valence-corrected chi connectivity index (χ3v) is 3.27. The summed E-state index contributed by atoms with van der Waals surface area (Å²) in [5.74, 6) is -0.369. The largest absolute Gasteiger partial charge is 0.478 e. The number of ether oxygens (including phenoxy) is 1. The van der Waals surface area contributed by atoms with E-state index < -0.39 is 10.9 Å². The minimum Gasteiger partial charge on any atom is -0.478 e. The number of nitro groups is 1. The van der Waals surface area contributed by atoms with E-state index in [1.807, 2.05) is 0 Å². The molecule has 2 aromatic rings. The van der Waals surface area contributed by atoms with Crippen molar-refractivity contribution in [3.63, 3.8) is 0 Å². The first-order valence-corrected chi connectivity index (χ1v) is 6.22. The zero-order valence-electron chi connectivity index (χ0n) is 9.95. The molecule has 0 fully saturated rings. The van der Waals surface area contributed by atoms with Crippen LogP contribution in [0.4, 0.5) is 5.69 Å². The van der Waals surface area contributed by atoms with E-state index in [-0.39, 0.29) is 21.5 Å². The normalized spacial score (nSPS) is 10.1. The second-order valence-corrected chi connectivity index (χ2v) is 4.57. The van der Waals surface area contributed by atoms with Crippen molar-refractivity contribution in [2.45, 2.75) is 0 Å². The number of aromatic carboxylic acids is 1. The molecule has 0 spiro atoms. The topological polar surface area (TPSA) is 89.7 Å². The second-order valence-electron chi connectivity index (χ2n) is 3.78. The molecule has 7 heteroatoms. The third kappa shape index (κ3) is 2.94. The Hall–Kier alpha value is -2.41. The highest BCUT2D eigenvalue weighted by Gasteiger charge is 2.16. The van der Waals surface area contributed by atoms with Crippen LogP contribution in [0.25, 0.3) is 0 Å². The number of hydrogen-bond acceptors (Lipinski definition) is 4. The molecule has 0 radical (unpaired) electrons. The Bertz CT molecular complexity index is 669. The predicted molar refractivity (Wildman–Crippen MR) is 74.3 cm³/mol. The van der Waals surface area contributed by atoms with E-state index in [0.717, 1.165) is 0 Å². The van der Waals surface area contributed by atoms with Gasteiger partial charge in [-0.05, 0) is 46.3 Å². The lowest BCUT2D eigenvalue weighted by Gasteiger charge is -2.08. The van der Waals surface area contributed by atoms with Gasteiger partial charge >= 0.3 is 5.97 Å². The molecule has 2 aromatic carbocycles. The molecular weight excluding hydrogens is 330 g/mol. The van der Waals surface area contributed by atoms with Crippen LogP contribution in [0.15, 0.2) is 46.9 Å². The van der Waals surface area contributed by atoms with Gasteiger partial charge in [0.25, 0.3) is 5.69 Å². The van der Waals surface area contributed by atoms with Crippen molar-refractivity contribution in [3.8, 4) is 11.5 Å². The Kier molecular flexibility index (Phi) is 3.99. The quantitative estimate of drug-likeness (QED) is 0.676. The molecule has 0 atom stereocenters. The van der Waals surface area contributed by atoms with Crippen LogP contribution in [-0.4, -0.2) is 16.0 Å². The Morgan fingerprint density at radius 3 is 2.40 bits per heavy atom. The van der Waals surface area contributed by atoms with E-state index in [2.05, 4.69) is 15.9 Å². The van der Waals surface area contributed by atoms with E-state index in [1.54, 1.807) is 6.07 Å². The number of hydrogen-bond donors (Lipinski definition) is 1. The molecule has 6 nitrogen and oxygen atoms in total. The highest BCUT2D eigenvalue weighted by atomic mass is 79.9. The number of carboxylic acids is 1. The molecule has 1 N–H and O–H groups in total. The maximum absolute atomic E-state index is 10.8. The van der Waals surface area contributed by atoms with Crippen molar-refractivity contribution in [2.75, 3.05) is 0 Å². The van der Waals surface area contributed by atoms with Gasteiger partial charge in [0.05, 0.1) is 10.5 Å². The van der Waals surface area contributed by atoms with Crippen LogP contribution in [0.5, 0.6) is 11.5 Å². The van der Waals surface area contributed by atoms with Gasteiger partial charge in [-0.15, -0.1) is 0 Å². The summed E-state index contributed by atoms with van der Waals surface area (Å²) in [6.07, 6.45) is 0. The van der Waals surface area contributed by atoms with Crippen LogP contribution in [0, 0.1) is 10.1 Å². The number of rotatable bonds is 4. The summed E-state index contributed by atoms with van der Waals surface area (Å²) in [6, 6.07) is 10.2. The highest BCUT2D eigenvalue weighted by molar-refractivity contribution is 9.10. The van der Waals surface area contributed by atoms with Gasteiger partial charge in [0, 0.05) is 6.07 Å². The molecule has 0 saturated heterocycles. The minimum absolute atomic E-state index is 0.107. The summed E-state index contributed by atoms with van der Waals surface area (Å²) in [6.45, 7) is 0. The van der Waals surface area contributed by atoms with Crippen molar-refractivity contribution >= 4 is 27.6 Å². The third-order valence-electron chi connectivity index (χ3n) is 2.47. The minimum atomic E-state index is -1.03. The molecule has 0 saturated carbocycles. The van der Waals surface area contributed by atoms with E-state index in [9.17, 15) is 14.9 Å². The second kappa shape index (κ2) is 5.70. The van der Waals surface area contributed by atoms with Gasteiger partial charge in [-0.2, -0.15) is 0 Å². The van der Waals surface area contributed by atoms with Gasteiger partial charge in [0.1, 0.15) is 16.0 Å². The zero-order chi connectivity index (χ0) is 14.7. The van der Waals surface area contributed by atoms with Crippen LogP contribution >= 0.6 is 15.9 Å². The fraction of sp³-hybridized carbons (Fsp3) is 0. The number of nitro benzene ring substituents is 1. The fourth-order valence-corrected chi connectivity index (χ4v) is 2.00. The molecule has 0 aromatic heterocycles. The summed E-state index contributed by atoms with van der Waals surface area (Å²) in [5.41, 5.74) is 0.0279. The highest BCUT2D eigenvalue weighted by Crippen LogP contribution is 2.36. The number of carboxylic acid groups (broad SMARTS) is 1. The molecule has 20 heavy (non-hydrogen) atoms. The molecule has 0 amide bonds. The molecule has 0 bridgehead atoms. The van der Waals surface area contributed by atoms with Crippen molar-refractivity contribution in [2.24, 2.45) is 0 Å². The Balaban J connectivity index is 2.28. The Morgan fingerprint density at radius 1 is 1.20 bits per heavy atom. The molecule has 0 aliphatic rings. The maximum atomic E-state index is 10.8. The first kappa shape index (κ1) is 14.0. The SMILES string of the molecule is O=C(O)c1ccc(Oc2cccc([N+](=O)[O-])c2Br)cc1. The van der Waals surface area contributed by atoms with Gasteiger partial charge in [0.15, 0.2) is 0 Å². The monoisotopic (exact) mass is 337 g/mol. The predicted octanol–water partition coefficient (Wildman–Crippen LogP) is 3.85. The fourth-order valence-electron chi connectivity index (χ4n) is 1.51. The van der Waals surface area contributed by atoms with Crippen molar-refractivity contribution in [1.29, 1.82) is 0 Å². The average Bonchev–Trinajstić information content (AvgIpc) is 2.41. The molecule has 2 rings (SSSR count). The van der Waals surface area contributed by atoms with Crippen LogP contribution < -0.4 is 4.74 Å². The lowest BCUT2D eigenvalue weighted by Crippen LogP contribution is -1.96. The lowest BCUT2D eigenvalue weighted by atomic mass is 10.2. The number of benzene rings is 2. The molecule has 0 heterocycles. The van der Waals surface area contributed by atoms with Gasteiger partial charge in [0.2, 0.25) is 0 Å². The summed E-state index contributed by atoms with van der Waals surface area (Å²) < 4.78 is 5.72. The van der Waals surface area contributed by atoms with Gasteiger partial charge < -0.3 is 9.84 Å². The van der Waals surface area contributed by atoms with E-state index in [0.29, 0.717) is 5.75 Å². The van der Waals surface area contributed by atoms with Crippen LogP contribution in [0.2, 0.25) is 0 Å². The molecular formula is C13H8BrNO5. The number of nitrogens with zero attached hydrogens (tertiary/aromatic N) is 1. The number of halogens is 1. The first-order chi connectivity index (χ1) is 9.49. The van der Waals surface area contributed by atoms with Crippen LogP contribution in [0.3, 0.4) is 0 Å². The van der Waals surface area contributed by atoms with Gasteiger partial charge in [-0.25, -0.2) is 4.79 Å². The summed E-state index contributed by atoms with van der Waals surface area (Å²) in [7, 11) is 0. The van der Waals surface area contributed by atoms with Crippen molar-refractivity contribution in [1.82, 2.24) is 0 Å².